The first-order valence-corrected chi connectivity index (χ1v) is 4.70. The minimum Gasteiger partial charge on any atom is -0.395 e. The number of carbonyl (C=O) groups is 1. The molecule has 2 aromatic heterocycles. The highest BCUT2D eigenvalue weighted by Gasteiger charge is 2.15. The fourth-order valence-electron chi connectivity index (χ4n) is 1.24. The standard InChI is InChI=1S/C10H11N5O/c1-6-8(11)9(15-14-6)10(16)13-7-3-2-4-12-5-7/h2-5H,11H2,1H3,(H,13,16)(H,14,15). The molecule has 0 spiro atoms. The Morgan fingerprint density at radius 1 is 1.56 bits per heavy atom. The second kappa shape index (κ2) is 4.01. The SMILES string of the molecule is Cc1[nH]nc(C(=O)Nc2cccnc2)c1N. The van der Waals surface area contributed by atoms with Gasteiger partial charge in [-0.15, -0.1) is 0 Å². The highest BCUT2D eigenvalue weighted by atomic mass is 16.2. The van der Waals surface area contributed by atoms with E-state index in [9.17, 15) is 4.79 Å². The molecule has 0 aliphatic carbocycles. The molecule has 16 heavy (non-hydrogen) atoms. The largest absolute Gasteiger partial charge is 0.395 e. The molecule has 0 saturated carbocycles. The van der Waals surface area contributed by atoms with Gasteiger partial charge >= 0.3 is 0 Å². The van der Waals surface area contributed by atoms with E-state index in [0.29, 0.717) is 17.1 Å². The number of hydrogen-bond donors (Lipinski definition) is 3. The monoisotopic (exact) mass is 217 g/mol. The maximum absolute atomic E-state index is 11.7. The summed E-state index contributed by atoms with van der Waals surface area (Å²) in [4.78, 5) is 15.6. The van der Waals surface area contributed by atoms with Crippen LogP contribution in [0.4, 0.5) is 11.4 Å². The molecule has 2 aromatic rings. The van der Waals surface area contributed by atoms with Crippen LogP contribution in [0.25, 0.3) is 0 Å². The van der Waals surface area contributed by atoms with Gasteiger partial charge in [0.1, 0.15) is 0 Å². The second-order valence-corrected chi connectivity index (χ2v) is 3.31. The number of aromatic nitrogens is 3. The van der Waals surface area contributed by atoms with Crippen LogP contribution in [-0.2, 0) is 0 Å². The zero-order valence-electron chi connectivity index (χ0n) is 8.69. The molecule has 2 rings (SSSR count). The van der Waals surface area contributed by atoms with Crippen LogP contribution in [0.15, 0.2) is 24.5 Å². The summed E-state index contributed by atoms with van der Waals surface area (Å²) in [7, 11) is 0. The Hall–Kier alpha value is -2.37. The van der Waals surface area contributed by atoms with Crippen LogP contribution in [0.2, 0.25) is 0 Å². The average molecular weight is 217 g/mol. The van der Waals surface area contributed by atoms with Gasteiger partial charge in [0, 0.05) is 6.20 Å². The second-order valence-electron chi connectivity index (χ2n) is 3.31. The molecule has 82 valence electrons. The quantitative estimate of drug-likeness (QED) is 0.697. The van der Waals surface area contributed by atoms with Crippen molar-refractivity contribution < 1.29 is 4.79 Å². The topological polar surface area (TPSA) is 96.7 Å². The third-order valence-corrected chi connectivity index (χ3v) is 2.13. The number of rotatable bonds is 2. The molecule has 1 amide bonds. The van der Waals surface area contributed by atoms with Gasteiger partial charge in [-0.2, -0.15) is 5.10 Å². The number of aromatic amines is 1. The summed E-state index contributed by atoms with van der Waals surface area (Å²) in [6, 6.07) is 3.47. The first kappa shape index (κ1) is 10.2. The number of nitrogen functional groups attached to an aromatic ring is 1. The van der Waals surface area contributed by atoms with Crippen molar-refractivity contribution in [1.82, 2.24) is 15.2 Å². The van der Waals surface area contributed by atoms with Gasteiger partial charge in [0.2, 0.25) is 0 Å². The lowest BCUT2D eigenvalue weighted by atomic mass is 10.3. The molecule has 2 heterocycles. The minimum absolute atomic E-state index is 0.196. The van der Waals surface area contributed by atoms with Crippen LogP contribution >= 0.6 is 0 Å². The average Bonchev–Trinajstić information content (AvgIpc) is 2.61. The van der Waals surface area contributed by atoms with Gasteiger partial charge in [-0.3, -0.25) is 14.9 Å². The maximum Gasteiger partial charge on any atom is 0.278 e. The molecule has 0 unspecified atom stereocenters. The lowest BCUT2D eigenvalue weighted by Gasteiger charge is -2.02. The Bertz CT molecular complexity index is 505. The Morgan fingerprint density at radius 3 is 2.94 bits per heavy atom. The number of nitrogens with two attached hydrogens (primary N) is 1. The van der Waals surface area contributed by atoms with Crippen LogP contribution < -0.4 is 11.1 Å². The molecule has 0 fully saturated rings. The molecule has 0 aromatic carbocycles. The van der Waals surface area contributed by atoms with Crippen molar-refractivity contribution in [3.8, 4) is 0 Å². The van der Waals surface area contributed by atoms with E-state index in [0.717, 1.165) is 0 Å². The number of carbonyl (C=O) groups excluding carboxylic acids is 1. The molecule has 0 aliphatic rings. The molecule has 6 nitrogen and oxygen atoms in total. The van der Waals surface area contributed by atoms with Crippen LogP contribution in [-0.4, -0.2) is 21.1 Å². The molecular formula is C10H11N5O. The predicted octanol–water partition coefficient (Wildman–Crippen LogP) is 0.948. The van der Waals surface area contributed by atoms with E-state index in [4.69, 9.17) is 5.73 Å². The van der Waals surface area contributed by atoms with E-state index in [2.05, 4.69) is 20.5 Å². The van der Waals surface area contributed by atoms with Crippen LogP contribution in [0.5, 0.6) is 0 Å². The first-order chi connectivity index (χ1) is 7.68. The van der Waals surface area contributed by atoms with Gasteiger partial charge in [0.15, 0.2) is 5.69 Å². The van der Waals surface area contributed by atoms with Gasteiger partial charge in [-0.25, -0.2) is 0 Å². The number of hydrogen-bond acceptors (Lipinski definition) is 4. The third kappa shape index (κ3) is 1.85. The molecule has 0 bridgehead atoms. The summed E-state index contributed by atoms with van der Waals surface area (Å²) in [5.74, 6) is -0.352. The Morgan fingerprint density at radius 2 is 2.38 bits per heavy atom. The van der Waals surface area contributed by atoms with Crippen molar-refractivity contribution in [2.75, 3.05) is 11.1 Å². The Kier molecular flexibility index (Phi) is 2.55. The Labute approximate surface area is 91.9 Å². The lowest BCUT2D eigenvalue weighted by molar-refractivity contribution is 0.102. The number of pyridine rings is 1. The van der Waals surface area contributed by atoms with Crippen molar-refractivity contribution in [2.45, 2.75) is 6.92 Å². The van der Waals surface area contributed by atoms with Gasteiger partial charge in [0.05, 0.1) is 23.3 Å². The van der Waals surface area contributed by atoms with Crippen molar-refractivity contribution in [2.24, 2.45) is 0 Å². The molecule has 0 atom stereocenters. The molecule has 0 radical (unpaired) electrons. The zero-order chi connectivity index (χ0) is 11.5. The highest BCUT2D eigenvalue weighted by molar-refractivity contribution is 6.06. The lowest BCUT2D eigenvalue weighted by Crippen LogP contribution is -2.14. The Balaban J connectivity index is 2.18. The zero-order valence-corrected chi connectivity index (χ0v) is 8.69. The van der Waals surface area contributed by atoms with Crippen molar-refractivity contribution in [3.05, 3.63) is 35.9 Å². The van der Waals surface area contributed by atoms with E-state index in [1.165, 1.54) is 0 Å². The summed E-state index contributed by atoms with van der Waals surface area (Å²) >= 11 is 0. The number of nitrogens with one attached hydrogen (secondary N) is 2. The third-order valence-electron chi connectivity index (χ3n) is 2.13. The fourth-order valence-corrected chi connectivity index (χ4v) is 1.24. The highest BCUT2D eigenvalue weighted by Crippen LogP contribution is 2.14. The summed E-state index contributed by atoms with van der Waals surface area (Å²) in [6.45, 7) is 1.75. The normalized spacial score (nSPS) is 10.1. The van der Waals surface area contributed by atoms with E-state index in [-0.39, 0.29) is 11.6 Å². The van der Waals surface area contributed by atoms with E-state index >= 15 is 0 Å². The first-order valence-electron chi connectivity index (χ1n) is 4.70. The molecule has 6 heteroatoms. The number of aryl methyl sites for hydroxylation is 1. The van der Waals surface area contributed by atoms with Crippen molar-refractivity contribution in [3.63, 3.8) is 0 Å². The molecule has 0 aliphatic heterocycles. The summed E-state index contributed by atoms with van der Waals surface area (Å²) < 4.78 is 0. The summed E-state index contributed by atoms with van der Waals surface area (Å²) in [5, 5.41) is 9.13. The maximum atomic E-state index is 11.7. The molecule has 0 saturated heterocycles. The van der Waals surface area contributed by atoms with Gasteiger partial charge in [0.25, 0.3) is 5.91 Å². The van der Waals surface area contributed by atoms with Gasteiger partial charge < -0.3 is 11.1 Å². The summed E-state index contributed by atoms with van der Waals surface area (Å²) in [6.07, 6.45) is 3.18. The molecule has 4 N–H and O–H groups in total. The van der Waals surface area contributed by atoms with E-state index in [1.807, 2.05) is 0 Å². The van der Waals surface area contributed by atoms with Gasteiger partial charge in [-0.05, 0) is 19.1 Å². The molecular weight excluding hydrogens is 206 g/mol. The number of anilines is 2. The minimum atomic E-state index is -0.352. The number of nitrogens with zero attached hydrogens (tertiary/aromatic N) is 2. The van der Waals surface area contributed by atoms with Crippen LogP contribution in [0.1, 0.15) is 16.2 Å². The van der Waals surface area contributed by atoms with Crippen molar-refractivity contribution >= 4 is 17.3 Å². The van der Waals surface area contributed by atoms with E-state index < -0.39 is 0 Å². The number of amides is 1. The predicted molar refractivity (Wildman–Crippen MR) is 59.9 cm³/mol. The van der Waals surface area contributed by atoms with Crippen LogP contribution in [0, 0.1) is 6.92 Å². The van der Waals surface area contributed by atoms with Crippen molar-refractivity contribution in [1.29, 1.82) is 0 Å². The van der Waals surface area contributed by atoms with E-state index in [1.54, 1.807) is 31.5 Å². The summed E-state index contributed by atoms with van der Waals surface area (Å²) in [5.41, 5.74) is 7.53. The smallest absolute Gasteiger partial charge is 0.278 e. The number of H-pyrrole nitrogens is 1. The fraction of sp³-hybridized carbons (Fsp3) is 0.100. The van der Waals surface area contributed by atoms with Gasteiger partial charge in [-0.1, -0.05) is 0 Å². The van der Waals surface area contributed by atoms with Crippen LogP contribution in [0.3, 0.4) is 0 Å².